The molecule has 88 valence electrons. The molecule has 1 atom stereocenters. The highest BCUT2D eigenvalue weighted by atomic mass is 32.1. The third-order valence-corrected chi connectivity index (χ3v) is 2.34. The molecule has 0 saturated carbocycles. The molecule has 3 heteroatoms. The largest absolute Gasteiger partial charge is 0.459 e. The molecule has 1 rings (SSSR count). The van der Waals surface area contributed by atoms with Crippen molar-refractivity contribution in [2.24, 2.45) is 0 Å². The van der Waals surface area contributed by atoms with Crippen molar-refractivity contribution in [3.05, 3.63) is 35.9 Å². The summed E-state index contributed by atoms with van der Waals surface area (Å²) in [6, 6.07) is 9.81. The van der Waals surface area contributed by atoms with Gasteiger partial charge in [0.05, 0.1) is 0 Å². The fraction of sp³-hybridized carbons (Fsp3) is 0.462. The number of hydrogen-bond acceptors (Lipinski definition) is 3. The van der Waals surface area contributed by atoms with E-state index >= 15 is 0 Å². The van der Waals surface area contributed by atoms with Crippen molar-refractivity contribution < 1.29 is 9.53 Å². The van der Waals surface area contributed by atoms with Gasteiger partial charge in [-0.3, -0.25) is 4.79 Å². The number of rotatable bonds is 3. The van der Waals surface area contributed by atoms with Crippen molar-refractivity contribution in [1.82, 2.24) is 0 Å². The van der Waals surface area contributed by atoms with Gasteiger partial charge >= 0.3 is 5.97 Å². The Kier molecular flexibility index (Phi) is 4.42. The molecule has 0 heterocycles. The summed E-state index contributed by atoms with van der Waals surface area (Å²) in [6.07, 6.45) is 0.596. The van der Waals surface area contributed by atoms with Crippen molar-refractivity contribution in [1.29, 1.82) is 0 Å². The molecular formula is C13H18O2S. The predicted octanol–water partition coefficient (Wildman–Crippen LogP) is 2.87. The molecule has 0 spiro atoms. The first-order chi connectivity index (χ1) is 7.38. The van der Waals surface area contributed by atoms with Crippen LogP contribution < -0.4 is 0 Å². The minimum Gasteiger partial charge on any atom is -0.459 e. The van der Waals surface area contributed by atoms with Crippen molar-refractivity contribution in [3.8, 4) is 0 Å². The van der Waals surface area contributed by atoms with Crippen LogP contribution in [0.3, 0.4) is 0 Å². The van der Waals surface area contributed by atoms with Crippen LogP contribution in [-0.2, 0) is 16.0 Å². The molecule has 16 heavy (non-hydrogen) atoms. The van der Waals surface area contributed by atoms with Gasteiger partial charge in [0.15, 0.2) is 0 Å². The molecule has 0 aliphatic heterocycles. The number of benzene rings is 1. The lowest BCUT2D eigenvalue weighted by Gasteiger charge is -2.21. The van der Waals surface area contributed by atoms with E-state index in [1.165, 1.54) is 0 Å². The molecule has 0 radical (unpaired) electrons. The normalized spacial score (nSPS) is 13.2. The lowest BCUT2D eigenvalue weighted by atomic mass is 10.1. The summed E-state index contributed by atoms with van der Waals surface area (Å²) in [6.45, 7) is 5.57. The first-order valence-corrected chi connectivity index (χ1v) is 5.85. The molecule has 0 aliphatic rings. The monoisotopic (exact) mass is 238 g/mol. The summed E-state index contributed by atoms with van der Waals surface area (Å²) >= 11 is 4.27. The van der Waals surface area contributed by atoms with Gasteiger partial charge in [0.25, 0.3) is 0 Å². The number of thiol groups is 1. The van der Waals surface area contributed by atoms with E-state index in [0.29, 0.717) is 6.42 Å². The number of ether oxygens (including phenoxy) is 1. The lowest BCUT2D eigenvalue weighted by Crippen LogP contribution is -2.30. The first-order valence-electron chi connectivity index (χ1n) is 5.33. The topological polar surface area (TPSA) is 26.3 Å². The van der Waals surface area contributed by atoms with E-state index in [-0.39, 0.29) is 5.97 Å². The third-order valence-electron chi connectivity index (χ3n) is 1.95. The summed E-state index contributed by atoms with van der Waals surface area (Å²) in [5.41, 5.74) is 0.641. The molecule has 0 saturated heterocycles. The van der Waals surface area contributed by atoms with E-state index < -0.39 is 10.9 Å². The van der Waals surface area contributed by atoms with Crippen LogP contribution in [0.15, 0.2) is 30.3 Å². The maximum Gasteiger partial charge on any atom is 0.319 e. The van der Waals surface area contributed by atoms with Gasteiger partial charge < -0.3 is 4.74 Å². The molecule has 0 bridgehead atoms. The summed E-state index contributed by atoms with van der Waals surface area (Å²) in [5.74, 6) is -0.264. The Hall–Kier alpha value is -0.960. The third kappa shape index (κ3) is 4.71. The molecule has 0 fully saturated rings. The van der Waals surface area contributed by atoms with Crippen LogP contribution in [-0.4, -0.2) is 16.8 Å². The molecule has 1 unspecified atom stereocenters. The van der Waals surface area contributed by atoms with Gasteiger partial charge in [0.2, 0.25) is 0 Å². The van der Waals surface area contributed by atoms with Crippen LogP contribution in [0.1, 0.15) is 26.3 Å². The fourth-order valence-electron chi connectivity index (χ4n) is 1.29. The van der Waals surface area contributed by atoms with Gasteiger partial charge in [-0.15, -0.1) is 0 Å². The van der Waals surface area contributed by atoms with E-state index in [2.05, 4.69) is 12.6 Å². The molecule has 1 aromatic rings. The summed E-state index contributed by atoms with van der Waals surface area (Å²) < 4.78 is 5.26. The van der Waals surface area contributed by atoms with Gasteiger partial charge in [0.1, 0.15) is 10.9 Å². The molecule has 2 nitrogen and oxygen atoms in total. The summed E-state index contributed by atoms with van der Waals surface area (Å²) in [7, 11) is 0. The van der Waals surface area contributed by atoms with Crippen LogP contribution >= 0.6 is 12.6 Å². The van der Waals surface area contributed by atoms with Gasteiger partial charge in [-0.1, -0.05) is 30.3 Å². The minimum atomic E-state index is -0.450. The average Bonchev–Trinajstić information content (AvgIpc) is 2.16. The highest BCUT2D eigenvalue weighted by Gasteiger charge is 2.22. The summed E-state index contributed by atoms with van der Waals surface area (Å²) in [4.78, 5) is 11.7. The first kappa shape index (κ1) is 13.1. The average molecular weight is 238 g/mol. The van der Waals surface area contributed by atoms with E-state index in [1.54, 1.807) is 0 Å². The Bertz CT molecular complexity index is 341. The van der Waals surface area contributed by atoms with E-state index in [9.17, 15) is 4.79 Å². The van der Waals surface area contributed by atoms with E-state index in [0.717, 1.165) is 5.56 Å². The van der Waals surface area contributed by atoms with E-state index in [4.69, 9.17) is 4.74 Å². The van der Waals surface area contributed by atoms with Gasteiger partial charge in [-0.05, 0) is 32.8 Å². The molecule has 1 aromatic carbocycles. The van der Waals surface area contributed by atoms with Crippen LogP contribution in [0.5, 0.6) is 0 Å². The smallest absolute Gasteiger partial charge is 0.319 e. The molecule has 0 N–H and O–H groups in total. The molecule has 0 aromatic heterocycles. The van der Waals surface area contributed by atoms with Crippen molar-refractivity contribution in [3.63, 3.8) is 0 Å². The maximum absolute atomic E-state index is 11.7. The van der Waals surface area contributed by atoms with Crippen molar-refractivity contribution >= 4 is 18.6 Å². The number of hydrogen-bond donors (Lipinski definition) is 1. The number of carbonyl (C=O) groups is 1. The van der Waals surface area contributed by atoms with Crippen LogP contribution in [0, 0.1) is 0 Å². The highest BCUT2D eigenvalue weighted by molar-refractivity contribution is 7.81. The van der Waals surface area contributed by atoms with Crippen molar-refractivity contribution in [2.75, 3.05) is 0 Å². The van der Waals surface area contributed by atoms with Gasteiger partial charge in [-0.2, -0.15) is 12.6 Å². The van der Waals surface area contributed by atoms with Gasteiger partial charge in [-0.25, -0.2) is 0 Å². The van der Waals surface area contributed by atoms with E-state index in [1.807, 2.05) is 51.1 Å². The Balaban J connectivity index is 2.53. The zero-order chi connectivity index (χ0) is 12.2. The summed E-state index contributed by atoms with van der Waals surface area (Å²) in [5, 5.41) is -0.401. The van der Waals surface area contributed by atoms with Crippen LogP contribution in [0.4, 0.5) is 0 Å². The SMILES string of the molecule is CC(C)(C)OC(=O)C(S)Cc1ccccc1. The Morgan fingerprint density at radius 2 is 1.88 bits per heavy atom. The molecular weight excluding hydrogens is 220 g/mol. The Morgan fingerprint density at radius 3 is 2.38 bits per heavy atom. The molecule has 0 aliphatic carbocycles. The number of esters is 1. The minimum absolute atomic E-state index is 0.264. The standard InChI is InChI=1S/C13H18O2S/c1-13(2,3)15-12(14)11(16)9-10-7-5-4-6-8-10/h4-8,11,16H,9H2,1-3H3. The van der Waals surface area contributed by atoms with Crippen LogP contribution in [0.25, 0.3) is 0 Å². The van der Waals surface area contributed by atoms with Gasteiger partial charge in [0, 0.05) is 0 Å². The zero-order valence-corrected chi connectivity index (χ0v) is 10.8. The highest BCUT2D eigenvalue weighted by Crippen LogP contribution is 2.14. The maximum atomic E-state index is 11.7. The quantitative estimate of drug-likeness (QED) is 0.647. The van der Waals surface area contributed by atoms with Crippen LogP contribution in [0.2, 0.25) is 0 Å². The molecule has 0 amide bonds. The Labute approximate surface area is 102 Å². The fourth-order valence-corrected chi connectivity index (χ4v) is 1.55. The zero-order valence-electron chi connectivity index (χ0n) is 9.93. The van der Waals surface area contributed by atoms with Crippen molar-refractivity contribution in [2.45, 2.75) is 38.0 Å². The second kappa shape index (κ2) is 5.39. The predicted molar refractivity (Wildman–Crippen MR) is 68.8 cm³/mol. The number of carbonyl (C=O) groups excluding carboxylic acids is 1. The second-order valence-corrected chi connectivity index (χ2v) is 5.36. The Morgan fingerprint density at radius 1 is 1.31 bits per heavy atom. The lowest BCUT2D eigenvalue weighted by molar-refractivity contribution is -0.154. The second-order valence-electron chi connectivity index (χ2n) is 4.74.